The van der Waals surface area contributed by atoms with Gasteiger partial charge in [-0.2, -0.15) is 0 Å². The standard InChI is InChI=1S/C20H27N3.2ClH/c1-2-7-17(8-3-1)20(23-14-12-21-13-15-23)19-11-10-16-6-4-5-9-18(16)22-19;;/h4-6,9-11,17,20-21H,1-3,7-8,12-15H2;2*1H/t20-;;/m0../s1. The van der Waals surface area contributed by atoms with Crippen molar-refractivity contribution < 1.29 is 0 Å². The van der Waals surface area contributed by atoms with E-state index in [1.807, 2.05) is 0 Å². The van der Waals surface area contributed by atoms with E-state index < -0.39 is 0 Å². The smallest absolute Gasteiger partial charge is 0.0706 e. The fraction of sp³-hybridized carbons (Fsp3) is 0.550. The Balaban J connectivity index is 0.00000113. The zero-order valence-electron chi connectivity index (χ0n) is 14.7. The van der Waals surface area contributed by atoms with E-state index in [1.165, 1.54) is 43.2 Å². The van der Waals surface area contributed by atoms with Gasteiger partial charge in [0.15, 0.2) is 0 Å². The average Bonchev–Trinajstić information content (AvgIpc) is 2.64. The molecule has 3 nitrogen and oxygen atoms in total. The first-order chi connectivity index (χ1) is 11.4. The topological polar surface area (TPSA) is 28.2 Å². The first-order valence-corrected chi connectivity index (χ1v) is 9.22. The lowest BCUT2D eigenvalue weighted by Gasteiger charge is -2.40. The van der Waals surface area contributed by atoms with Gasteiger partial charge in [-0.05, 0) is 30.9 Å². The fourth-order valence-corrected chi connectivity index (χ4v) is 4.38. The summed E-state index contributed by atoms with van der Waals surface area (Å²) in [5.41, 5.74) is 2.43. The fourth-order valence-electron chi connectivity index (χ4n) is 4.38. The second kappa shape index (κ2) is 9.72. The minimum atomic E-state index is 0. The first kappa shape index (κ1) is 20.4. The Hall–Kier alpha value is -0.870. The molecular formula is C20H29Cl2N3. The Bertz CT molecular complexity index is 634. The molecule has 2 fully saturated rings. The molecule has 2 heterocycles. The Morgan fingerprint density at radius 1 is 0.920 bits per heavy atom. The van der Waals surface area contributed by atoms with Gasteiger partial charge in [-0.15, -0.1) is 24.8 Å². The lowest BCUT2D eigenvalue weighted by atomic mass is 9.81. The molecule has 1 N–H and O–H groups in total. The molecule has 4 rings (SSSR count). The van der Waals surface area contributed by atoms with E-state index in [-0.39, 0.29) is 24.8 Å². The number of fused-ring (bicyclic) bond motifs is 1. The molecule has 25 heavy (non-hydrogen) atoms. The molecule has 5 heteroatoms. The summed E-state index contributed by atoms with van der Waals surface area (Å²) in [6.45, 7) is 4.51. The molecule has 0 spiro atoms. The lowest BCUT2D eigenvalue weighted by molar-refractivity contribution is 0.101. The summed E-state index contributed by atoms with van der Waals surface area (Å²) >= 11 is 0. The summed E-state index contributed by atoms with van der Waals surface area (Å²) in [7, 11) is 0. The van der Waals surface area contributed by atoms with Crippen molar-refractivity contribution >= 4 is 35.7 Å². The van der Waals surface area contributed by atoms with Gasteiger partial charge in [0.1, 0.15) is 0 Å². The number of halogens is 2. The van der Waals surface area contributed by atoms with Crippen LogP contribution in [0, 0.1) is 5.92 Å². The molecule has 1 aliphatic heterocycles. The second-order valence-electron chi connectivity index (χ2n) is 7.06. The van der Waals surface area contributed by atoms with Gasteiger partial charge in [-0.25, -0.2) is 0 Å². The highest BCUT2D eigenvalue weighted by Crippen LogP contribution is 2.38. The van der Waals surface area contributed by atoms with E-state index in [0.717, 1.165) is 37.6 Å². The van der Waals surface area contributed by atoms with Crippen molar-refractivity contribution in [1.82, 2.24) is 15.2 Å². The summed E-state index contributed by atoms with van der Waals surface area (Å²) in [6.07, 6.45) is 6.92. The molecule has 2 aromatic rings. The van der Waals surface area contributed by atoms with Crippen LogP contribution in [0.2, 0.25) is 0 Å². The molecule has 1 aliphatic carbocycles. The predicted molar refractivity (Wildman–Crippen MR) is 110 cm³/mol. The Morgan fingerprint density at radius 3 is 2.40 bits per heavy atom. The van der Waals surface area contributed by atoms with E-state index in [0.29, 0.717) is 6.04 Å². The number of hydrogen-bond donors (Lipinski definition) is 1. The molecule has 1 atom stereocenters. The molecule has 0 amide bonds. The van der Waals surface area contributed by atoms with Crippen molar-refractivity contribution in [1.29, 1.82) is 0 Å². The molecule has 0 unspecified atom stereocenters. The number of piperazine rings is 1. The molecule has 1 aromatic carbocycles. The van der Waals surface area contributed by atoms with Gasteiger partial charge in [0.05, 0.1) is 17.3 Å². The van der Waals surface area contributed by atoms with Crippen molar-refractivity contribution in [3.05, 3.63) is 42.1 Å². The molecule has 0 bridgehead atoms. The molecule has 1 saturated heterocycles. The number of hydrogen-bond acceptors (Lipinski definition) is 3. The monoisotopic (exact) mass is 381 g/mol. The summed E-state index contributed by atoms with van der Waals surface area (Å²) in [5, 5.41) is 4.74. The minimum Gasteiger partial charge on any atom is -0.314 e. The Morgan fingerprint density at radius 2 is 1.64 bits per heavy atom. The van der Waals surface area contributed by atoms with Crippen LogP contribution in [-0.4, -0.2) is 36.1 Å². The third kappa shape index (κ3) is 4.65. The molecule has 138 valence electrons. The van der Waals surface area contributed by atoms with E-state index in [4.69, 9.17) is 4.98 Å². The average molecular weight is 382 g/mol. The summed E-state index contributed by atoms with van der Waals surface area (Å²) in [5.74, 6) is 0.774. The maximum Gasteiger partial charge on any atom is 0.0706 e. The highest BCUT2D eigenvalue weighted by atomic mass is 35.5. The second-order valence-corrected chi connectivity index (χ2v) is 7.06. The third-order valence-corrected chi connectivity index (χ3v) is 5.56. The Kier molecular flexibility index (Phi) is 7.95. The molecule has 1 aromatic heterocycles. The van der Waals surface area contributed by atoms with Crippen molar-refractivity contribution in [2.24, 2.45) is 5.92 Å². The first-order valence-electron chi connectivity index (χ1n) is 9.22. The molecule has 1 saturated carbocycles. The van der Waals surface area contributed by atoms with Gasteiger partial charge in [0, 0.05) is 31.6 Å². The van der Waals surface area contributed by atoms with Crippen LogP contribution in [0.25, 0.3) is 10.9 Å². The molecular weight excluding hydrogens is 353 g/mol. The minimum absolute atomic E-state index is 0. The van der Waals surface area contributed by atoms with Crippen LogP contribution in [0.1, 0.15) is 43.8 Å². The number of para-hydroxylation sites is 1. The zero-order valence-corrected chi connectivity index (χ0v) is 16.3. The van der Waals surface area contributed by atoms with Crippen LogP contribution < -0.4 is 5.32 Å². The van der Waals surface area contributed by atoms with Gasteiger partial charge < -0.3 is 5.32 Å². The number of aromatic nitrogens is 1. The third-order valence-electron chi connectivity index (χ3n) is 5.56. The summed E-state index contributed by atoms with van der Waals surface area (Å²) < 4.78 is 0. The van der Waals surface area contributed by atoms with Gasteiger partial charge in [-0.3, -0.25) is 9.88 Å². The van der Waals surface area contributed by atoms with E-state index in [9.17, 15) is 0 Å². The normalized spacial score (nSPS) is 20.5. The van der Waals surface area contributed by atoms with Crippen LogP contribution in [0.5, 0.6) is 0 Å². The summed E-state index contributed by atoms with van der Waals surface area (Å²) in [6, 6.07) is 13.5. The number of pyridine rings is 1. The van der Waals surface area contributed by atoms with Crippen molar-refractivity contribution in [2.75, 3.05) is 26.2 Å². The van der Waals surface area contributed by atoms with Gasteiger partial charge in [-0.1, -0.05) is 43.5 Å². The molecule has 2 aliphatic rings. The number of rotatable bonds is 3. The van der Waals surface area contributed by atoms with E-state index in [1.54, 1.807) is 0 Å². The van der Waals surface area contributed by atoms with Gasteiger partial charge >= 0.3 is 0 Å². The zero-order chi connectivity index (χ0) is 15.5. The van der Waals surface area contributed by atoms with Crippen LogP contribution in [0.3, 0.4) is 0 Å². The van der Waals surface area contributed by atoms with Crippen molar-refractivity contribution in [3.8, 4) is 0 Å². The maximum atomic E-state index is 5.06. The van der Waals surface area contributed by atoms with Crippen LogP contribution in [0.4, 0.5) is 0 Å². The van der Waals surface area contributed by atoms with E-state index in [2.05, 4.69) is 46.6 Å². The molecule has 0 radical (unpaired) electrons. The van der Waals surface area contributed by atoms with Gasteiger partial charge in [0.2, 0.25) is 0 Å². The van der Waals surface area contributed by atoms with E-state index >= 15 is 0 Å². The maximum absolute atomic E-state index is 5.06. The largest absolute Gasteiger partial charge is 0.314 e. The highest BCUT2D eigenvalue weighted by molar-refractivity contribution is 5.85. The summed E-state index contributed by atoms with van der Waals surface area (Å²) in [4.78, 5) is 7.75. The van der Waals surface area contributed by atoms with Crippen LogP contribution >= 0.6 is 24.8 Å². The lowest BCUT2D eigenvalue weighted by Crippen LogP contribution is -2.47. The predicted octanol–water partition coefficient (Wildman–Crippen LogP) is 4.61. The van der Waals surface area contributed by atoms with Gasteiger partial charge in [0.25, 0.3) is 0 Å². The quantitative estimate of drug-likeness (QED) is 0.841. The highest BCUT2D eigenvalue weighted by Gasteiger charge is 2.31. The van der Waals surface area contributed by atoms with Crippen LogP contribution in [-0.2, 0) is 0 Å². The van der Waals surface area contributed by atoms with Crippen molar-refractivity contribution in [2.45, 2.75) is 38.1 Å². The number of nitrogens with zero attached hydrogens (tertiary/aromatic N) is 2. The SMILES string of the molecule is Cl.Cl.c1ccc2nc([C@H](C3CCCCC3)N3CCNCC3)ccc2c1. The number of nitrogens with one attached hydrogen (secondary N) is 1. The Labute approximate surface area is 163 Å². The number of benzene rings is 1. The van der Waals surface area contributed by atoms with Crippen LogP contribution in [0.15, 0.2) is 36.4 Å². The van der Waals surface area contributed by atoms with Crippen molar-refractivity contribution in [3.63, 3.8) is 0 Å².